The van der Waals surface area contributed by atoms with E-state index in [1.165, 1.54) is 18.2 Å². The summed E-state index contributed by atoms with van der Waals surface area (Å²) in [6.45, 7) is 8.51. The van der Waals surface area contributed by atoms with E-state index in [2.05, 4.69) is 30.7 Å². The first-order valence-corrected chi connectivity index (χ1v) is 11.0. The number of amides is 1. The van der Waals surface area contributed by atoms with Crippen LogP contribution in [0.3, 0.4) is 0 Å². The maximum Gasteiger partial charge on any atom is 0.262 e. The lowest BCUT2D eigenvalue weighted by Gasteiger charge is -2.34. The van der Waals surface area contributed by atoms with Gasteiger partial charge in [-0.25, -0.2) is 4.98 Å². The molecule has 3 atom stereocenters. The van der Waals surface area contributed by atoms with E-state index in [0.29, 0.717) is 39.5 Å². The molecule has 0 aliphatic heterocycles. The largest absolute Gasteiger partial charge is 0.352 e. The van der Waals surface area contributed by atoms with Gasteiger partial charge >= 0.3 is 0 Å². The van der Waals surface area contributed by atoms with Gasteiger partial charge < -0.3 is 5.32 Å². The van der Waals surface area contributed by atoms with Crippen LogP contribution < -0.4 is 10.9 Å². The highest BCUT2D eigenvalue weighted by atomic mass is 35.5. The second-order valence-corrected chi connectivity index (χ2v) is 8.87. The number of halogens is 1. The van der Waals surface area contributed by atoms with Crippen molar-refractivity contribution in [3.05, 3.63) is 46.2 Å². The normalized spacial score (nSPS) is 22.2. The van der Waals surface area contributed by atoms with E-state index in [0.717, 1.165) is 12.8 Å². The minimum atomic E-state index is -0.154. The van der Waals surface area contributed by atoms with Gasteiger partial charge in [0.1, 0.15) is 0 Å². The van der Waals surface area contributed by atoms with Gasteiger partial charge in [-0.3, -0.25) is 14.2 Å². The van der Waals surface area contributed by atoms with Crippen molar-refractivity contribution in [3.8, 4) is 0 Å². The summed E-state index contributed by atoms with van der Waals surface area (Å²) in [7, 11) is 0. The topological polar surface area (TPSA) is 64.0 Å². The van der Waals surface area contributed by atoms with Crippen LogP contribution in [-0.2, 0) is 11.3 Å². The average molecular weight is 420 g/mol. The fourth-order valence-electron chi connectivity index (χ4n) is 3.74. The van der Waals surface area contributed by atoms with Crippen molar-refractivity contribution in [2.24, 2.45) is 11.8 Å². The molecule has 0 radical (unpaired) electrons. The fourth-order valence-corrected chi connectivity index (χ4v) is 4.72. The lowest BCUT2D eigenvalue weighted by molar-refractivity contribution is -0.120. The molecule has 0 spiro atoms. The molecule has 1 amide bonds. The summed E-state index contributed by atoms with van der Waals surface area (Å²) in [5.41, 5.74) is 0.384. The van der Waals surface area contributed by atoms with Gasteiger partial charge in [0.2, 0.25) is 5.91 Å². The number of rotatable bonds is 6. The van der Waals surface area contributed by atoms with Gasteiger partial charge in [0.25, 0.3) is 5.56 Å². The Bertz CT molecular complexity index is 943. The maximum atomic E-state index is 12.8. The number of carbonyl (C=O) groups is 1. The van der Waals surface area contributed by atoms with Gasteiger partial charge in [-0.15, -0.1) is 6.58 Å². The Balaban J connectivity index is 1.77. The van der Waals surface area contributed by atoms with Gasteiger partial charge in [-0.05, 0) is 36.5 Å². The molecular formula is C21H26ClN3O2S. The minimum Gasteiger partial charge on any atom is -0.352 e. The van der Waals surface area contributed by atoms with Crippen LogP contribution in [0.15, 0.2) is 40.8 Å². The molecule has 3 rings (SSSR count). The number of benzene rings is 1. The Hall–Kier alpha value is -1.79. The number of aromatic nitrogens is 2. The third kappa shape index (κ3) is 4.61. The van der Waals surface area contributed by atoms with Crippen molar-refractivity contribution in [1.82, 2.24) is 14.9 Å². The highest BCUT2D eigenvalue weighted by molar-refractivity contribution is 7.99. The van der Waals surface area contributed by atoms with E-state index in [1.807, 2.05) is 0 Å². The molecule has 2 aromatic rings. The summed E-state index contributed by atoms with van der Waals surface area (Å²) in [5.74, 6) is 1.29. The number of thioether (sulfide) groups is 1. The Morgan fingerprint density at radius 3 is 2.96 bits per heavy atom. The number of nitrogens with one attached hydrogen (secondary N) is 1. The van der Waals surface area contributed by atoms with Crippen molar-refractivity contribution >= 4 is 40.2 Å². The minimum absolute atomic E-state index is 0.0263. The third-order valence-electron chi connectivity index (χ3n) is 5.58. The molecule has 0 saturated heterocycles. The number of nitrogens with zero attached hydrogens (tertiary/aromatic N) is 2. The summed E-state index contributed by atoms with van der Waals surface area (Å²) >= 11 is 7.32. The molecule has 7 heteroatoms. The van der Waals surface area contributed by atoms with Crippen molar-refractivity contribution in [1.29, 1.82) is 0 Å². The second kappa shape index (κ2) is 9.14. The molecule has 1 aromatic carbocycles. The van der Waals surface area contributed by atoms with Crippen molar-refractivity contribution in [3.63, 3.8) is 0 Å². The maximum absolute atomic E-state index is 12.8. The molecule has 1 heterocycles. The van der Waals surface area contributed by atoms with Crippen LogP contribution >= 0.6 is 23.4 Å². The van der Waals surface area contributed by atoms with Gasteiger partial charge in [0.15, 0.2) is 5.16 Å². The lowest BCUT2D eigenvalue weighted by Crippen LogP contribution is -2.44. The number of fused-ring (bicyclic) bond motifs is 1. The second-order valence-electron chi connectivity index (χ2n) is 7.49. The van der Waals surface area contributed by atoms with Gasteiger partial charge in [0, 0.05) is 17.6 Å². The molecule has 1 fully saturated rings. The van der Waals surface area contributed by atoms with E-state index in [9.17, 15) is 9.59 Å². The zero-order valence-electron chi connectivity index (χ0n) is 16.3. The zero-order valence-corrected chi connectivity index (χ0v) is 17.9. The van der Waals surface area contributed by atoms with Gasteiger partial charge in [0.05, 0.1) is 16.7 Å². The first-order valence-electron chi connectivity index (χ1n) is 9.64. The SMILES string of the molecule is C=CCn1c(SCC(=O)N[C@H]2CCC[C@H](C)[C@H]2C)nc2cc(Cl)ccc2c1=O. The van der Waals surface area contributed by atoms with Crippen LogP contribution in [0.4, 0.5) is 0 Å². The standard InChI is InChI=1S/C21H26ClN3O2S/c1-4-10-25-20(27)16-9-8-15(22)11-18(16)24-21(25)28-12-19(26)23-17-7-5-6-13(2)14(17)3/h4,8-9,11,13-14,17H,1,5-7,10,12H2,2-3H3,(H,23,26)/t13-,14+,17-/m0/s1. The Morgan fingerprint density at radius 1 is 1.43 bits per heavy atom. The number of carbonyl (C=O) groups excluding carboxylic acids is 1. The summed E-state index contributed by atoms with van der Waals surface area (Å²) in [4.78, 5) is 29.9. The smallest absolute Gasteiger partial charge is 0.262 e. The van der Waals surface area contributed by atoms with Crippen molar-refractivity contribution in [2.45, 2.75) is 50.9 Å². The average Bonchev–Trinajstić information content (AvgIpc) is 2.66. The predicted octanol–water partition coefficient (Wildman–Crippen LogP) is 4.27. The molecule has 0 bridgehead atoms. The zero-order chi connectivity index (χ0) is 20.3. The monoisotopic (exact) mass is 419 g/mol. The molecule has 1 saturated carbocycles. The van der Waals surface area contributed by atoms with Crippen LogP contribution in [0, 0.1) is 11.8 Å². The molecule has 1 aliphatic carbocycles. The Morgan fingerprint density at radius 2 is 2.21 bits per heavy atom. The molecule has 1 N–H and O–H groups in total. The molecule has 150 valence electrons. The van der Waals surface area contributed by atoms with E-state index in [4.69, 9.17) is 11.6 Å². The van der Waals surface area contributed by atoms with Crippen molar-refractivity contribution in [2.75, 3.05) is 5.75 Å². The number of allylic oxidation sites excluding steroid dienone is 1. The van der Waals surface area contributed by atoms with Crippen LogP contribution in [0.2, 0.25) is 5.02 Å². The Kier molecular flexibility index (Phi) is 6.83. The molecular weight excluding hydrogens is 394 g/mol. The first kappa shape index (κ1) is 20.9. The highest BCUT2D eigenvalue weighted by Crippen LogP contribution is 2.29. The third-order valence-corrected chi connectivity index (χ3v) is 6.79. The van der Waals surface area contributed by atoms with Crippen LogP contribution in [-0.4, -0.2) is 27.3 Å². The van der Waals surface area contributed by atoms with Gasteiger partial charge in [-0.2, -0.15) is 0 Å². The molecule has 1 aromatic heterocycles. The van der Waals surface area contributed by atoms with Gasteiger partial charge in [-0.1, -0.05) is 56.1 Å². The number of hydrogen-bond acceptors (Lipinski definition) is 4. The molecule has 28 heavy (non-hydrogen) atoms. The van der Waals surface area contributed by atoms with Crippen LogP contribution in [0.1, 0.15) is 33.1 Å². The first-order chi connectivity index (χ1) is 13.4. The summed E-state index contributed by atoms with van der Waals surface area (Å²) in [6, 6.07) is 5.25. The summed E-state index contributed by atoms with van der Waals surface area (Å²) < 4.78 is 1.55. The fraction of sp³-hybridized carbons (Fsp3) is 0.476. The predicted molar refractivity (Wildman–Crippen MR) is 116 cm³/mol. The molecule has 0 unspecified atom stereocenters. The number of hydrogen-bond donors (Lipinski definition) is 1. The van der Waals surface area contributed by atoms with Crippen molar-refractivity contribution < 1.29 is 4.79 Å². The lowest BCUT2D eigenvalue weighted by atomic mass is 9.78. The molecule has 1 aliphatic rings. The highest BCUT2D eigenvalue weighted by Gasteiger charge is 2.28. The van der Waals surface area contributed by atoms with E-state index < -0.39 is 0 Å². The van der Waals surface area contributed by atoms with Crippen LogP contribution in [0.25, 0.3) is 10.9 Å². The van der Waals surface area contributed by atoms with Crippen LogP contribution in [0.5, 0.6) is 0 Å². The summed E-state index contributed by atoms with van der Waals surface area (Å²) in [6.07, 6.45) is 5.05. The Labute approximate surface area is 174 Å². The summed E-state index contributed by atoms with van der Waals surface area (Å²) in [5, 5.41) is 4.69. The van der Waals surface area contributed by atoms with E-state index >= 15 is 0 Å². The quantitative estimate of drug-likeness (QED) is 0.431. The van der Waals surface area contributed by atoms with E-state index in [-0.39, 0.29) is 23.3 Å². The van der Waals surface area contributed by atoms with E-state index in [1.54, 1.807) is 28.8 Å². The molecule has 5 nitrogen and oxygen atoms in total.